The van der Waals surface area contributed by atoms with Crippen molar-refractivity contribution in [3.05, 3.63) is 35.4 Å². The van der Waals surface area contributed by atoms with Gasteiger partial charge >= 0.3 is 6.18 Å². The van der Waals surface area contributed by atoms with E-state index in [9.17, 15) is 13.2 Å². The zero-order chi connectivity index (χ0) is 12.7. The highest BCUT2D eigenvalue weighted by molar-refractivity contribution is 5.32. The van der Waals surface area contributed by atoms with Gasteiger partial charge in [0.2, 0.25) is 0 Å². The maximum Gasteiger partial charge on any atom is 0.416 e. The van der Waals surface area contributed by atoms with E-state index in [2.05, 4.69) is 0 Å². The molecule has 2 unspecified atom stereocenters. The number of nitrogens with two attached hydrogens (primary N) is 1. The summed E-state index contributed by atoms with van der Waals surface area (Å²) in [5.41, 5.74) is 5.82. The molecule has 1 nitrogen and oxygen atoms in total. The lowest BCUT2D eigenvalue weighted by Crippen LogP contribution is -2.23. The van der Waals surface area contributed by atoms with Gasteiger partial charge in [0.1, 0.15) is 0 Å². The van der Waals surface area contributed by atoms with Gasteiger partial charge in [0.15, 0.2) is 0 Å². The Kier molecular flexibility index (Phi) is 2.94. The van der Waals surface area contributed by atoms with E-state index in [0.29, 0.717) is 0 Å². The Labute approximate surface area is 98.8 Å². The Bertz CT molecular complexity index is 413. The monoisotopic (exact) mass is 243 g/mol. The Morgan fingerprint density at radius 1 is 1.35 bits per heavy atom. The minimum absolute atomic E-state index is 0.106. The van der Waals surface area contributed by atoms with E-state index < -0.39 is 11.7 Å². The van der Waals surface area contributed by atoms with Crippen molar-refractivity contribution in [1.29, 1.82) is 0 Å². The van der Waals surface area contributed by atoms with Gasteiger partial charge in [0.05, 0.1) is 5.56 Å². The average Bonchev–Trinajstić information content (AvgIpc) is 2.59. The van der Waals surface area contributed by atoms with E-state index in [-0.39, 0.29) is 11.5 Å². The van der Waals surface area contributed by atoms with E-state index in [0.717, 1.165) is 30.9 Å². The number of halogens is 3. The number of hydrogen-bond donors (Lipinski definition) is 1. The van der Waals surface area contributed by atoms with Gasteiger partial charge in [-0.1, -0.05) is 25.1 Å². The highest BCUT2D eigenvalue weighted by Crippen LogP contribution is 2.41. The topological polar surface area (TPSA) is 26.0 Å². The SMILES string of the molecule is CC1(c2cccc(C(F)(F)F)c2)CCC(N)C1. The largest absolute Gasteiger partial charge is 0.416 e. The van der Waals surface area contributed by atoms with E-state index in [1.54, 1.807) is 6.07 Å². The molecule has 1 fully saturated rings. The fraction of sp³-hybridized carbons (Fsp3) is 0.538. The Balaban J connectivity index is 2.34. The summed E-state index contributed by atoms with van der Waals surface area (Å²) in [6, 6.07) is 5.73. The highest BCUT2D eigenvalue weighted by atomic mass is 19.4. The maximum absolute atomic E-state index is 12.6. The van der Waals surface area contributed by atoms with Gasteiger partial charge in [-0.25, -0.2) is 0 Å². The van der Waals surface area contributed by atoms with Crippen molar-refractivity contribution in [3.8, 4) is 0 Å². The molecule has 0 spiro atoms. The molecular formula is C13H16F3N. The molecule has 2 rings (SSSR count). The molecule has 94 valence electrons. The molecule has 0 amide bonds. The molecule has 1 saturated carbocycles. The van der Waals surface area contributed by atoms with Crippen LogP contribution in [-0.4, -0.2) is 6.04 Å². The number of hydrogen-bond acceptors (Lipinski definition) is 1. The van der Waals surface area contributed by atoms with Crippen molar-refractivity contribution < 1.29 is 13.2 Å². The normalized spacial score (nSPS) is 29.6. The minimum Gasteiger partial charge on any atom is -0.328 e. The fourth-order valence-electron chi connectivity index (χ4n) is 2.62. The quantitative estimate of drug-likeness (QED) is 0.803. The molecule has 1 aromatic rings. The lowest BCUT2D eigenvalue weighted by Gasteiger charge is -2.25. The summed E-state index contributed by atoms with van der Waals surface area (Å²) in [6.45, 7) is 2.00. The third-order valence-electron chi connectivity index (χ3n) is 3.67. The predicted molar refractivity (Wildman–Crippen MR) is 60.6 cm³/mol. The fourth-order valence-corrected chi connectivity index (χ4v) is 2.62. The van der Waals surface area contributed by atoms with Gasteiger partial charge in [-0.05, 0) is 36.3 Å². The van der Waals surface area contributed by atoms with E-state index in [1.807, 2.05) is 6.92 Å². The van der Waals surface area contributed by atoms with Gasteiger partial charge in [0, 0.05) is 6.04 Å². The second kappa shape index (κ2) is 4.02. The molecule has 2 N–H and O–H groups in total. The van der Waals surface area contributed by atoms with E-state index in [1.165, 1.54) is 12.1 Å². The summed E-state index contributed by atoms with van der Waals surface area (Å²) in [6.07, 6.45) is -1.77. The van der Waals surface area contributed by atoms with Crippen molar-refractivity contribution in [1.82, 2.24) is 0 Å². The zero-order valence-electron chi connectivity index (χ0n) is 9.72. The van der Waals surface area contributed by atoms with Gasteiger partial charge < -0.3 is 5.73 Å². The summed E-state index contributed by atoms with van der Waals surface area (Å²) < 4.78 is 37.9. The third-order valence-corrected chi connectivity index (χ3v) is 3.67. The van der Waals surface area contributed by atoms with Crippen LogP contribution in [0.15, 0.2) is 24.3 Å². The summed E-state index contributed by atoms with van der Waals surface area (Å²) in [4.78, 5) is 0. The number of rotatable bonds is 1. The molecule has 4 heteroatoms. The molecule has 0 aliphatic heterocycles. The van der Waals surface area contributed by atoms with Crippen molar-refractivity contribution in [2.75, 3.05) is 0 Å². The molecule has 1 aliphatic carbocycles. The summed E-state index contributed by atoms with van der Waals surface area (Å²) in [7, 11) is 0. The lowest BCUT2D eigenvalue weighted by molar-refractivity contribution is -0.137. The predicted octanol–water partition coefficient (Wildman–Crippen LogP) is 3.47. The van der Waals surface area contributed by atoms with Crippen LogP contribution in [-0.2, 0) is 11.6 Å². The summed E-state index contributed by atoms with van der Waals surface area (Å²) in [5.74, 6) is 0. The van der Waals surface area contributed by atoms with Crippen molar-refractivity contribution in [2.24, 2.45) is 5.73 Å². The molecule has 0 bridgehead atoms. The average molecular weight is 243 g/mol. The molecule has 1 aromatic carbocycles. The van der Waals surface area contributed by atoms with Crippen LogP contribution in [0.25, 0.3) is 0 Å². The molecule has 0 aromatic heterocycles. The first-order valence-corrected chi connectivity index (χ1v) is 5.75. The van der Waals surface area contributed by atoms with Crippen LogP contribution in [0.3, 0.4) is 0 Å². The number of benzene rings is 1. The van der Waals surface area contributed by atoms with Crippen molar-refractivity contribution >= 4 is 0 Å². The second-order valence-corrected chi connectivity index (χ2v) is 5.14. The second-order valence-electron chi connectivity index (χ2n) is 5.14. The third kappa shape index (κ3) is 2.46. The highest BCUT2D eigenvalue weighted by Gasteiger charge is 2.37. The van der Waals surface area contributed by atoms with Crippen molar-refractivity contribution in [3.63, 3.8) is 0 Å². The van der Waals surface area contributed by atoms with Crippen LogP contribution in [0.1, 0.15) is 37.3 Å². The minimum atomic E-state index is -4.27. The molecule has 0 heterocycles. The van der Waals surface area contributed by atoms with E-state index in [4.69, 9.17) is 5.73 Å². The molecule has 17 heavy (non-hydrogen) atoms. The summed E-state index contributed by atoms with van der Waals surface area (Å²) in [5, 5.41) is 0. The molecule has 0 radical (unpaired) electrons. The molecule has 0 saturated heterocycles. The first kappa shape index (κ1) is 12.4. The van der Waals surface area contributed by atoms with Crippen molar-refractivity contribution in [2.45, 2.75) is 43.8 Å². The van der Waals surface area contributed by atoms with Gasteiger partial charge in [-0.2, -0.15) is 13.2 Å². The first-order valence-electron chi connectivity index (χ1n) is 5.75. The van der Waals surface area contributed by atoms with Crippen LogP contribution in [0.2, 0.25) is 0 Å². The summed E-state index contributed by atoms with van der Waals surface area (Å²) >= 11 is 0. The molecule has 1 aliphatic rings. The number of alkyl halides is 3. The van der Waals surface area contributed by atoms with Crippen LogP contribution < -0.4 is 5.73 Å². The Morgan fingerprint density at radius 3 is 2.59 bits per heavy atom. The lowest BCUT2D eigenvalue weighted by atomic mass is 9.80. The van der Waals surface area contributed by atoms with Crippen LogP contribution in [0, 0.1) is 0 Å². The van der Waals surface area contributed by atoms with Crippen LogP contribution >= 0.6 is 0 Å². The Morgan fingerprint density at radius 2 is 2.06 bits per heavy atom. The van der Waals surface area contributed by atoms with Gasteiger partial charge in [-0.15, -0.1) is 0 Å². The van der Waals surface area contributed by atoms with Crippen LogP contribution in [0.5, 0.6) is 0 Å². The molecule has 2 atom stereocenters. The standard InChI is InChI=1S/C13H16F3N/c1-12(6-5-11(17)8-12)9-3-2-4-10(7-9)13(14,15)16/h2-4,7,11H,5-6,8,17H2,1H3. The van der Waals surface area contributed by atoms with E-state index >= 15 is 0 Å². The smallest absolute Gasteiger partial charge is 0.328 e. The molecular weight excluding hydrogens is 227 g/mol. The Hall–Kier alpha value is -1.03. The van der Waals surface area contributed by atoms with Gasteiger partial charge in [-0.3, -0.25) is 0 Å². The van der Waals surface area contributed by atoms with Crippen LogP contribution in [0.4, 0.5) is 13.2 Å². The zero-order valence-corrected chi connectivity index (χ0v) is 9.72. The maximum atomic E-state index is 12.6. The van der Waals surface area contributed by atoms with Gasteiger partial charge in [0.25, 0.3) is 0 Å². The first-order chi connectivity index (χ1) is 7.81.